The second kappa shape index (κ2) is 7.25. The van der Waals surface area contributed by atoms with Gasteiger partial charge in [0.05, 0.1) is 6.26 Å². The summed E-state index contributed by atoms with van der Waals surface area (Å²) >= 11 is 0. The van der Waals surface area contributed by atoms with E-state index >= 15 is 0 Å². The Labute approximate surface area is 79.9 Å². The standard InChI is InChI=1S/C7H18N2O3S/c1-12-7-3-4-8-5-6-9-13(2,10)11/h8-9H,3-7H2,1-2H3. The predicted octanol–water partition coefficient (Wildman–Crippen LogP) is -0.838. The molecule has 0 atom stereocenters. The zero-order valence-electron chi connectivity index (χ0n) is 8.17. The lowest BCUT2D eigenvalue weighted by atomic mass is 10.4. The van der Waals surface area contributed by atoms with Crippen LogP contribution < -0.4 is 10.0 Å². The molecule has 0 aromatic carbocycles. The molecule has 0 amide bonds. The molecule has 0 rings (SSSR count). The zero-order valence-corrected chi connectivity index (χ0v) is 8.99. The lowest BCUT2D eigenvalue weighted by Gasteiger charge is -2.04. The smallest absolute Gasteiger partial charge is 0.208 e. The molecular formula is C7H18N2O3S. The quantitative estimate of drug-likeness (QED) is 0.513. The van der Waals surface area contributed by atoms with E-state index in [1.54, 1.807) is 7.11 Å². The van der Waals surface area contributed by atoms with Crippen molar-refractivity contribution in [3.05, 3.63) is 0 Å². The van der Waals surface area contributed by atoms with Gasteiger partial charge < -0.3 is 10.1 Å². The molecule has 0 spiro atoms. The fourth-order valence-electron chi connectivity index (χ4n) is 0.791. The summed E-state index contributed by atoms with van der Waals surface area (Å²) < 4.78 is 28.5. The van der Waals surface area contributed by atoms with Gasteiger partial charge in [-0.1, -0.05) is 0 Å². The van der Waals surface area contributed by atoms with Gasteiger partial charge in [-0.3, -0.25) is 0 Å². The van der Waals surface area contributed by atoms with E-state index in [1.165, 1.54) is 0 Å². The number of hydrogen-bond donors (Lipinski definition) is 2. The highest BCUT2D eigenvalue weighted by Crippen LogP contribution is 1.76. The molecule has 5 nitrogen and oxygen atoms in total. The van der Waals surface area contributed by atoms with E-state index in [2.05, 4.69) is 10.0 Å². The monoisotopic (exact) mass is 210 g/mol. The molecule has 0 aliphatic heterocycles. The van der Waals surface area contributed by atoms with E-state index in [1.807, 2.05) is 0 Å². The molecule has 13 heavy (non-hydrogen) atoms. The van der Waals surface area contributed by atoms with Crippen LogP contribution in [-0.2, 0) is 14.8 Å². The Morgan fingerprint density at radius 1 is 1.23 bits per heavy atom. The number of ether oxygens (including phenoxy) is 1. The first-order chi connectivity index (χ1) is 6.06. The van der Waals surface area contributed by atoms with Gasteiger partial charge >= 0.3 is 0 Å². The highest BCUT2D eigenvalue weighted by molar-refractivity contribution is 7.88. The summed E-state index contributed by atoms with van der Waals surface area (Å²) in [6.45, 7) is 2.66. The molecule has 0 aromatic heterocycles. The lowest BCUT2D eigenvalue weighted by molar-refractivity contribution is 0.194. The Hall–Kier alpha value is -0.170. The largest absolute Gasteiger partial charge is 0.385 e. The third-order valence-corrected chi connectivity index (χ3v) is 2.10. The SMILES string of the molecule is COCCCNCCNS(C)(=O)=O. The van der Waals surface area contributed by atoms with Gasteiger partial charge in [0.25, 0.3) is 0 Å². The van der Waals surface area contributed by atoms with Crippen LogP contribution in [0.25, 0.3) is 0 Å². The van der Waals surface area contributed by atoms with E-state index in [0.717, 1.165) is 25.8 Å². The predicted molar refractivity (Wildman–Crippen MR) is 52.2 cm³/mol. The van der Waals surface area contributed by atoms with Crippen molar-refractivity contribution in [1.29, 1.82) is 0 Å². The number of nitrogens with one attached hydrogen (secondary N) is 2. The first kappa shape index (κ1) is 12.8. The van der Waals surface area contributed by atoms with E-state index in [0.29, 0.717) is 13.1 Å². The first-order valence-electron chi connectivity index (χ1n) is 4.20. The van der Waals surface area contributed by atoms with Crippen LogP contribution in [-0.4, -0.2) is 48.0 Å². The van der Waals surface area contributed by atoms with Crippen LogP contribution in [0.1, 0.15) is 6.42 Å². The highest BCUT2D eigenvalue weighted by Gasteiger charge is 1.97. The van der Waals surface area contributed by atoms with Crippen LogP contribution in [0.3, 0.4) is 0 Å². The minimum absolute atomic E-state index is 0.436. The molecule has 2 N–H and O–H groups in total. The van der Waals surface area contributed by atoms with Gasteiger partial charge in [0.2, 0.25) is 10.0 Å². The molecule has 0 saturated carbocycles. The zero-order chi connectivity index (χ0) is 10.2. The van der Waals surface area contributed by atoms with Gasteiger partial charge in [-0.15, -0.1) is 0 Å². The van der Waals surface area contributed by atoms with E-state index in [4.69, 9.17) is 4.74 Å². The van der Waals surface area contributed by atoms with Crippen LogP contribution in [0.4, 0.5) is 0 Å². The van der Waals surface area contributed by atoms with Crippen molar-refractivity contribution in [3.8, 4) is 0 Å². The van der Waals surface area contributed by atoms with E-state index in [-0.39, 0.29) is 0 Å². The minimum atomic E-state index is -3.04. The van der Waals surface area contributed by atoms with Crippen molar-refractivity contribution in [1.82, 2.24) is 10.0 Å². The van der Waals surface area contributed by atoms with Gasteiger partial charge in [-0.2, -0.15) is 0 Å². The number of sulfonamides is 1. The molecule has 0 saturated heterocycles. The maximum atomic E-state index is 10.6. The minimum Gasteiger partial charge on any atom is -0.385 e. The average Bonchev–Trinajstić information content (AvgIpc) is 2.01. The molecular weight excluding hydrogens is 192 g/mol. The van der Waals surface area contributed by atoms with Crippen molar-refractivity contribution in [2.75, 3.05) is 39.6 Å². The van der Waals surface area contributed by atoms with E-state index < -0.39 is 10.0 Å². The molecule has 0 aliphatic carbocycles. The van der Waals surface area contributed by atoms with Crippen LogP contribution >= 0.6 is 0 Å². The maximum absolute atomic E-state index is 10.6. The highest BCUT2D eigenvalue weighted by atomic mass is 32.2. The third kappa shape index (κ3) is 11.8. The summed E-state index contributed by atoms with van der Waals surface area (Å²) in [5.74, 6) is 0. The molecule has 0 aliphatic rings. The van der Waals surface area contributed by atoms with Crippen LogP contribution in [0.5, 0.6) is 0 Å². The Bertz CT molecular complexity index is 204. The fourth-order valence-corrected chi connectivity index (χ4v) is 1.26. The number of rotatable bonds is 8. The normalized spacial score (nSPS) is 11.8. The van der Waals surface area contributed by atoms with Crippen LogP contribution in [0.2, 0.25) is 0 Å². The number of hydrogen-bond acceptors (Lipinski definition) is 4. The first-order valence-corrected chi connectivity index (χ1v) is 6.09. The topological polar surface area (TPSA) is 67.4 Å². The third-order valence-electron chi connectivity index (χ3n) is 1.37. The fraction of sp³-hybridized carbons (Fsp3) is 1.00. The van der Waals surface area contributed by atoms with Gasteiger partial charge in [0, 0.05) is 26.8 Å². The Morgan fingerprint density at radius 2 is 1.92 bits per heavy atom. The summed E-state index contributed by atoms with van der Waals surface area (Å²) in [5, 5.41) is 3.09. The second-order valence-corrected chi connectivity index (χ2v) is 4.60. The average molecular weight is 210 g/mol. The second-order valence-electron chi connectivity index (χ2n) is 2.76. The molecule has 0 unspecified atom stereocenters. The molecule has 80 valence electrons. The molecule has 0 fully saturated rings. The summed E-state index contributed by atoms with van der Waals surface area (Å²) in [5.41, 5.74) is 0. The molecule has 0 bridgehead atoms. The summed E-state index contributed by atoms with van der Waals surface area (Å²) in [6.07, 6.45) is 2.09. The van der Waals surface area contributed by atoms with Crippen molar-refractivity contribution in [2.24, 2.45) is 0 Å². The van der Waals surface area contributed by atoms with Crippen molar-refractivity contribution >= 4 is 10.0 Å². The molecule has 0 heterocycles. The Balaban J connectivity index is 3.09. The maximum Gasteiger partial charge on any atom is 0.208 e. The van der Waals surface area contributed by atoms with Crippen LogP contribution in [0.15, 0.2) is 0 Å². The van der Waals surface area contributed by atoms with Crippen molar-refractivity contribution in [3.63, 3.8) is 0 Å². The summed E-state index contributed by atoms with van der Waals surface area (Å²) in [7, 11) is -1.38. The van der Waals surface area contributed by atoms with Crippen molar-refractivity contribution in [2.45, 2.75) is 6.42 Å². The van der Waals surface area contributed by atoms with Gasteiger partial charge in [-0.25, -0.2) is 13.1 Å². The Morgan fingerprint density at radius 3 is 2.46 bits per heavy atom. The number of methoxy groups -OCH3 is 1. The van der Waals surface area contributed by atoms with Crippen LogP contribution in [0, 0.1) is 0 Å². The summed E-state index contributed by atoms with van der Waals surface area (Å²) in [6, 6.07) is 0. The summed E-state index contributed by atoms with van der Waals surface area (Å²) in [4.78, 5) is 0. The van der Waals surface area contributed by atoms with Gasteiger partial charge in [-0.05, 0) is 13.0 Å². The Kier molecular flexibility index (Phi) is 7.16. The van der Waals surface area contributed by atoms with E-state index in [9.17, 15) is 8.42 Å². The molecule has 0 aromatic rings. The van der Waals surface area contributed by atoms with Crippen molar-refractivity contribution < 1.29 is 13.2 Å². The van der Waals surface area contributed by atoms with Gasteiger partial charge in [0.1, 0.15) is 0 Å². The lowest BCUT2D eigenvalue weighted by Crippen LogP contribution is -2.31. The van der Waals surface area contributed by atoms with Gasteiger partial charge in [0.15, 0.2) is 0 Å². The molecule has 6 heteroatoms. The molecule has 0 radical (unpaired) electrons.